The Hall–Kier alpha value is -2.45. The van der Waals surface area contributed by atoms with Crippen LogP contribution in [0.25, 0.3) is 0 Å². The minimum atomic E-state index is -0.815. The van der Waals surface area contributed by atoms with Crippen LogP contribution in [0, 0.1) is 0 Å². The fraction of sp³-hybridized carbons (Fsp3) is 0.706. The van der Waals surface area contributed by atoms with E-state index in [-0.39, 0.29) is 12.8 Å². The number of nitrogens with one attached hydrogen (secondary N) is 1. The number of esters is 1. The Morgan fingerprint density at radius 3 is 2.38 bits per heavy atom. The van der Waals surface area contributed by atoms with Crippen LogP contribution < -0.4 is 11.1 Å². The van der Waals surface area contributed by atoms with E-state index in [1.54, 1.807) is 0 Å². The smallest absolute Gasteiger partial charge is 0.328 e. The summed E-state index contributed by atoms with van der Waals surface area (Å²) in [6, 6.07) is -0.815. The summed E-state index contributed by atoms with van der Waals surface area (Å²) in [5.41, 5.74) is 5.09. The lowest BCUT2D eigenvalue weighted by atomic mass is 10.1. The molecule has 0 aliphatic heterocycles. The minimum absolute atomic E-state index is 0.0159. The van der Waals surface area contributed by atoms with E-state index in [0.717, 1.165) is 30.6 Å². The number of rotatable bonds is 14. The Morgan fingerprint density at radius 1 is 1.15 bits per heavy atom. The Balaban J connectivity index is 4.78. The first kappa shape index (κ1) is 23.5. The molecule has 0 saturated heterocycles. The van der Waals surface area contributed by atoms with Gasteiger partial charge in [-0.3, -0.25) is 14.4 Å². The van der Waals surface area contributed by atoms with Crippen molar-refractivity contribution in [2.24, 2.45) is 5.73 Å². The number of methoxy groups -OCH3 is 1. The summed E-state index contributed by atoms with van der Waals surface area (Å²) in [5.74, 6) is -2.48. The maximum absolute atomic E-state index is 12.2. The molecule has 26 heavy (non-hydrogen) atoms. The van der Waals surface area contributed by atoms with Crippen LogP contribution in [0.1, 0.15) is 51.9 Å². The van der Waals surface area contributed by atoms with Gasteiger partial charge < -0.3 is 25.5 Å². The number of aldehydes is 1. The van der Waals surface area contributed by atoms with Gasteiger partial charge in [-0.1, -0.05) is 32.6 Å². The fourth-order valence-corrected chi connectivity index (χ4v) is 2.34. The Kier molecular flexibility index (Phi) is 12.5. The first-order valence-electron chi connectivity index (χ1n) is 8.72. The lowest BCUT2D eigenvalue weighted by Gasteiger charge is -2.22. The van der Waals surface area contributed by atoms with Crippen molar-refractivity contribution in [3.63, 3.8) is 0 Å². The molecule has 0 spiro atoms. The average Bonchev–Trinajstić information content (AvgIpc) is 2.60. The summed E-state index contributed by atoms with van der Waals surface area (Å²) < 4.78 is 4.69. The molecule has 1 unspecified atom stereocenters. The monoisotopic (exact) mass is 371 g/mol. The molecule has 1 atom stereocenters. The van der Waals surface area contributed by atoms with E-state index < -0.39 is 42.8 Å². The van der Waals surface area contributed by atoms with Crippen LogP contribution in [0.5, 0.6) is 0 Å². The number of nitrogens with zero attached hydrogens (tertiary/aromatic N) is 1. The second-order valence-electron chi connectivity index (χ2n) is 5.91. The molecule has 0 heterocycles. The number of hydrogen-bond donors (Lipinski definition) is 2. The highest BCUT2D eigenvalue weighted by atomic mass is 16.5. The average molecular weight is 371 g/mol. The van der Waals surface area contributed by atoms with Crippen molar-refractivity contribution in [3.8, 4) is 0 Å². The molecular formula is C17H29N3O6. The van der Waals surface area contributed by atoms with Crippen LogP contribution in [0.3, 0.4) is 0 Å². The van der Waals surface area contributed by atoms with E-state index in [4.69, 9.17) is 10.5 Å². The highest BCUT2D eigenvalue weighted by molar-refractivity contribution is 5.90. The molecule has 148 valence electrons. The SMILES string of the molecule is CCCCCCC(NC(=O)CN(CC(N)=O)C(=O)CCC=O)C(=O)OC. The van der Waals surface area contributed by atoms with E-state index in [1.807, 2.05) is 0 Å². The molecule has 0 aromatic heterocycles. The zero-order valence-electron chi connectivity index (χ0n) is 15.5. The van der Waals surface area contributed by atoms with Gasteiger partial charge in [0.05, 0.1) is 13.7 Å². The number of nitrogens with two attached hydrogens (primary N) is 1. The van der Waals surface area contributed by atoms with Crippen molar-refractivity contribution in [3.05, 3.63) is 0 Å². The van der Waals surface area contributed by atoms with Crippen molar-refractivity contribution in [1.29, 1.82) is 0 Å². The van der Waals surface area contributed by atoms with Crippen molar-refractivity contribution >= 4 is 30.0 Å². The number of hydrogen-bond acceptors (Lipinski definition) is 6. The van der Waals surface area contributed by atoms with E-state index in [0.29, 0.717) is 12.7 Å². The van der Waals surface area contributed by atoms with E-state index >= 15 is 0 Å². The predicted octanol–water partition coefficient (Wildman–Crippen LogP) is -0.0924. The van der Waals surface area contributed by atoms with Gasteiger partial charge in [-0.25, -0.2) is 4.79 Å². The fourth-order valence-electron chi connectivity index (χ4n) is 2.34. The maximum Gasteiger partial charge on any atom is 0.328 e. The molecule has 9 heteroatoms. The van der Waals surface area contributed by atoms with Gasteiger partial charge in [0.2, 0.25) is 17.7 Å². The van der Waals surface area contributed by atoms with Gasteiger partial charge in [-0.05, 0) is 6.42 Å². The second kappa shape index (κ2) is 13.8. The molecular weight excluding hydrogens is 342 g/mol. The molecule has 3 amide bonds. The van der Waals surface area contributed by atoms with Gasteiger partial charge >= 0.3 is 5.97 Å². The summed E-state index contributed by atoms with van der Waals surface area (Å²) in [5, 5.41) is 2.53. The van der Waals surface area contributed by atoms with Crippen LogP contribution in [-0.4, -0.2) is 61.1 Å². The summed E-state index contributed by atoms with van der Waals surface area (Å²) in [6.45, 7) is 1.20. The number of unbranched alkanes of at least 4 members (excludes halogenated alkanes) is 3. The van der Waals surface area contributed by atoms with Crippen LogP contribution in [0.4, 0.5) is 0 Å². The van der Waals surface area contributed by atoms with Crippen LogP contribution in [0.2, 0.25) is 0 Å². The molecule has 0 radical (unpaired) electrons. The predicted molar refractivity (Wildman–Crippen MR) is 93.8 cm³/mol. The second-order valence-corrected chi connectivity index (χ2v) is 5.91. The summed E-state index contributed by atoms with van der Waals surface area (Å²) >= 11 is 0. The van der Waals surface area contributed by atoms with Crippen molar-refractivity contribution in [2.45, 2.75) is 57.9 Å². The lowest BCUT2D eigenvalue weighted by molar-refractivity contribution is -0.146. The Morgan fingerprint density at radius 2 is 1.85 bits per heavy atom. The van der Waals surface area contributed by atoms with Gasteiger partial charge in [0.1, 0.15) is 18.9 Å². The highest BCUT2D eigenvalue weighted by Gasteiger charge is 2.24. The molecule has 0 aliphatic rings. The summed E-state index contributed by atoms with van der Waals surface area (Å²) in [7, 11) is 1.23. The molecule has 0 saturated carbocycles. The standard InChI is InChI=1S/C17H29N3O6/c1-3-4-5-6-8-13(17(25)26-2)19-15(23)12-20(11-14(18)22)16(24)9-7-10-21/h10,13H,3-9,11-12H2,1-2H3,(H2,18,22)(H,19,23). The third kappa shape index (κ3) is 10.4. The number of ether oxygens (including phenoxy) is 1. The molecule has 0 rings (SSSR count). The van der Waals surface area contributed by atoms with E-state index in [2.05, 4.69) is 12.2 Å². The number of amides is 3. The summed E-state index contributed by atoms with van der Waals surface area (Å²) in [4.78, 5) is 58.4. The third-order valence-corrected chi connectivity index (χ3v) is 3.68. The number of primary amides is 1. The van der Waals surface area contributed by atoms with E-state index in [9.17, 15) is 24.0 Å². The molecule has 3 N–H and O–H groups in total. The molecule has 0 bridgehead atoms. The zero-order chi connectivity index (χ0) is 19.9. The first-order chi connectivity index (χ1) is 12.3. The third-order valence-electron chi connectivity index (χ3n) is 3.68. The minimum Gasteiger partial charge on any atom is -0.467 e. The summed E-state index contributed by atoms with van der Waals surface area (Å²) in [6.07, 6.45) is 4.60. The van der Waals surface area contributed by atoms with Crippen LogP contribution >= 0.6 is 0 Å². The zero-order valence-corrected chi connectivity index (χ0v) is 15.5. The molecule has 0 aromatic rings. The molecule has 0 aromatic carbocycles. The van der Waals surface area contributed by atoms with E-state index in [1.165, 1.54) is 7.11 Å². The number of carbonyl (C=O) groups excluding carboxylic acids is 5. The van der Waals surface area contributed by atoms with Gasteiger partial charge in [-0.15, -0.1) is 0 Å². The van der Waals surface area contributed by atoms with Crippen molar-refractivity contribution in [1.82, 2.24) is 10.2 Å². The Bertz CT molecular complexity index is 495. The van der Waals surface area contributed by atoms with Crippen LogP contribution in [-0.2, 0) is 28.7 Å². The molecule has 0 fully saturated rings. The van der Waals surface area contributed by atoms with Crippen LogP contribution in [0.15, 0.2) is 0 Å². The van der Waals surface area contributed by atoms with Gasteiger partial charge in [0.15, 0.2) is 0 Å². The number of carbonyl (C=O) groups is 5. The Labute approximate surface area is 153 Å². The largest absolute Gasteiger partial charge is 0.467 e. The topological polar surface area (TPSA) is 136 Å². The first-order valence-corrected chi connectivity index (χ1v) is 8.72. The van der Waals surface area contributed by atoms with Gasteiger partial charge in [-0.2, -0.15) is 0 Å². The molecule has 9 nitrogen and oxygen atoms in total. The highest BCUT2D eigenvalue weighted by Crippen LogP contribution is 2.07. The maximum atomic E-state index is 12.2. The normalized spacial score (nSPS) is 11.3. The van der Waals surface area contributed by atoms with Crippen molar-refractivity contribution < 1.29 is 28.7 Å². The van der Waals surface area contributed by atoms with Gasteiger partial charge in [0.25, 0.3) is 0 Å². The quantitative estimate of drug-likeness (QED) is 0.249. The van der Waals surface area contributed by atoms with Crippen molar-refractivity contribution in [2.75, 3.05) is 20.2 Å². The lowest BCUT2D eigenvalue weighted by Crippen LogP contribution is -2.49. The molecule has 0 aliphatic carbocycles. The van der Waals surface area contributed by atoms with Gasteiger partial charge in [0, 0.05) is 12.8 Å².